The zero-order valence-corrected chi connectivity index (χ0v) is 11.6. The van der Waals surface area contributed by atoms with Crippen molar-refractivity contribution in [3.8, 4) is 0 Å². The molecular formula is C14H18N4O2. The minimum absolute atomic E-state index is 0.0366. The number of hydrogen-bond donors (Lipinski definition) is 2. The summed E-state index contributed by atoms with van der Waals surface area (Å²) in [6.07, 6.45) is 1.32. The number of aromatic nitrogens is 2. The number of hydrogen-bond acceptors (Lipinski definition) is 4. The lowest BCUT2D eigenvalue weighted by Gasteiger charge is -2.27. The predicted molar refractivity (Wildman–Crippen MR) is 76.0 cm³/mol. The smallest absolute Gasteiger partial charge is 0.231 e. The SMILES string of the molecule is COC1CCC(c2nn(C)c3ccc(N)cc23)C(=O)N1. The van der Waals surface area contributed by atoms with Gasteiger partial charge in [0.2, 0.25) is 5.91 Å². The molecule has 106 valence electrons. The topological polar surface area (TPSA) is 82.2 Å². The molecule has 2 aromatic rings. The molecule has 2 unspecified atom stereocenters. The Bertz CT molecular complexity index is 664. The van der Waals surface area contributed by atoms with E-state index in [0.29, 0.717) is 5.69 Å². The van der Waals surface area contributed by atoms with Crippen LogP contribution in [0.2, 0.25) is 0 Å². The Morgan fingerprint density at radius 2 is 2.25 bits per heavy atom. The number of ether oxygens (including phenoxy) is 1. The van der Waals surface area contributed by atoms with Crippen molar-refractivity contribution in [3.63, 3.8) is 0 Å². The van der Waals surface area contributed by atoms with Crippen LogP contribution < -0.4 is 11.1 Å². The molecule has 1 aliphatic heterocycles. The number of nitrogens with two attached hydrogens (primary N) is 1. The lowest BCUT2D eigenvalue weighted by molar-refractivity contribution is -0.129. The fourth-order valence-corrected chi connectivity index (χ4v) is 2.79. The first-order chi connectivity index (χ1) is 9.60. The molecule has 6 nitrogen and oxygen atoms in total. The Morgan fingerprint density at radius 1 is 1.45 bits per heavy atom. The van der Waals surface area contributed by atoms with Gasteiger partial charge in [-0.25, -0.2) is 0 Å². The van der Waals surface area contributed by atoms with E-state index >= 15 is 0 Å². The molecule has 1 amide bonds. The molecule has 0 aliphatic carbocycles. The monoisotopic (exact) mass is 274 g/mol. The van der Waals surface area contributed by atoms with Crippen molar-refractivity contribution in [1.29, 1.82) is 0 Å². The van der Waals surface area contributed by atoms with Gasteiger partial charge in [0.1, 0.15) is 6.23 Å². The van der Waals surface area contributed by atoms with Crippen molar-refractivity contribution < 1.29 is 9.53 Å². The van der Waals surface area contributed by atoms with Gasteiger partial charge in [-0.05, 0) is 31.0 Å². The number of nitrogens with zero attached hydrogens (tertiary/aromatic N) is 2. The number of rotatable bonds is 2. The Labute approximate surface area is 116 Å². The summed E-state index contributed by atoms with van der Waals surface area (Å²) >= 11 is 0. The molecule has 0 saturated carbocycles. The number of nitrogens with one attached hydrogen (secondary N) is 1. The molecule has 0 radical (unpaired) electrons. The van der Waals surface area contributed by atoms with Crippen LogP contribution in [0.5, 0.6) is 0 Å². The van der Waals surface area contributed by atoms with Crippen molar-refractivity contribution in [1.82, 2.24) is 15.1 Å². The van der Waals surface area contributed by atoms with E-state index in [4.69, 9.17) is 10.5 Å². The van der Waals surface area contributed by atoms with Crippen LogP contribution in [0.1, 0.15) is 24.5 Å². The highest BCUT2D eigenvalue weighted by atomic mass is 16.5. The van der Waals surface area contributed by atoms with E-state index in [-0.39, 0.29) is 18.1 Å². The Hall–Kier alpha value is -2.08. The minimum atomic E-state index is -0.244. The molecule has 6 heteroatoms. The van der Waals surface area contributed by atoms with Crippen LogP contribution in [0.15, 0.2) is 18.2 Å². The molecule has 0 bridgehead atoms. The highest BCUT2D eigenvalue weighted by Crippen LogP contribution is 2.32. The van der Waals surface area contributed by atoms with E-state index < -0.39 is 0 Å². The van der Waals surface area contributed by atoms with Gasteiger partial charge in [0.15, 0.2) is 0 Å². The molecule has 3 rings (SSSR count). The number of benzene rings is 1. The second kappa shape index (κ2) is 4.79. The summed E-state index contributed by atoms with van der Waals surface area (Å²) in [5.41, 5.74) is 8.31. The van der Waals surface area contributed by atoms with E-state index in [1.54, 1.807) is 11.8 Å². The van der Waals surface area contributed by atoms with Crippen LogP contribution in [0.4, 0.5) is 5.69 Å². The maximum absolute atomic E-state index is 12.2. The number of piperidine rings is 1. The van der Waals surface area contributed by atoms with Crippen LogP contribution in [0.3, 0.4) is 0 Å². The fourth-order valence-electron chi connectivity index (χ4n) is 2.79. The van der Waals surface area contributed by atoms with Crippen molar-refractivity contribution >= 4 is 22.5 Å². The second-order valence-corrected chi connectivity index (χ2v) is 5.15. The second-order valence-electron chi connectivity index (χ2n) is 5.15. The molecule has 1 aromatic carbocycles. The van der Waals surface area contributed by atoms with Gasteiger partial charge < -0.3 is 15.8 Å². The fraction of sp³-hybridized carbons (Fsp3) is 0.429. The van der Waals surface area contributed by atoms with Gasteiger partial charge in [0.25, 0.3) is 0 Å². The molecule has 20 heavy (non-hydrogen) atoms. The number of carbonyl (C=O) groups excluding carboxylic acids is 1. The normalized spacial score (nSPS) is 23.0. The van der Waals surface area contributed by atoms with Crippen LogP contribution in [-0.4, -0.2) is 29.0 Å². The van der Waals surface area contributed by atoms with Crippen LogP contribution in [0.25, 0.3) is 10.9 Å². The average molecular weight is 274 g/mol. The number of fused-ring (bicyclic) bond motifs is 1. The summed E-state index contributed by atoms with van der Waals surface area (Å²) in [7, 11) is 3.48. The first-order valence-electron chi connectivity index (χ1n) is 6.65. The van der Waals surface area contributed by atoms with Gasteiger partial charge in [0.05, 0.1) is 17.1 Å². The van der Waals surface area contributed by atoms with Gasteiger partial charge in [-0.2, -0.15) is 5.10 Å². The molecule has 1 aromatic heterocycles. The number of anilines is 1. The highest BCUT2D eigenvalue weighted by molar-refractivity contribution is 5.92. The molecule has 0 spiro atoms. The van der Waals surface area contributed by atoms with Gasteiger partial charge in [-0.1, -0.05) is 0 Å². The van der Waals surface area contributed by atoms with Gasteiger partial charge >= 0.3 is 0 Å². The molecule has 3 N–H and O–H groups in total. The van der Waals surface area contributed by atoms with Gasteiger partial charge in [-0.3, -0.25) is 9.48 Å². The third-order valence-corrected chi connectivity index (χ3v) is 3.85. The van der Waals surface area contributed by atoms with Crippen molar-refractivity contribution in [3.05, 3.63) is 23.9 Å². The summed E-state index contributed by atoms with van der Waals surface area (Å²) in [5.74, 6) is -0.280. The quantitative estimate of drug-likeness (QED) is 0.804. The van der Waals surface area contributed by atoms with E-state index in [2.05, 4.69) is 10.4 Å². The summed E-state index contributed by atoms with van der Waals surface area (Å²) in [6.45, 7) is 0. The third kappa shape index (κ3) is 2.02. The van der Waals surface area contributed by atoms with Gasteiger partial charge in [0, 0.05) is 25.2 Å². The number of methoxy groups -OCH3 is 1. The van der Waals surface area contributed by atoms with E-state index in [1.807, 2.05) is 25.2 Å². The summed E-state index contributed by atoms with van der Waals surface area (Å²) in [6, 6.07) is 5.66. The van der Waals surface area contributed by atoms with Gasteiger partial charge in [-0.15, -0.1) is 0 Å². The van der Waals surface area contributed by atoms with Crippen molar-refractivity contribution in [2.24, 2.45) is 7.05 Å². The lowest BCUT2D eigenvalue weighted by Crippen LogP contribution is -2.44. The summed E-state index contributed by atoms with van der Waals surface area (Å²) in [5, 5.41) is 8.32. The Balaban J connectivity index is 2.02. The Kier molecular flexibility index (Phi) is 3.10. The highest BCUT2D eigenvalue weighted by Gasteiger charge is 2.32. The third-order valence-electron chi connectivity index (χ3n) is 3.85. The van der Waals surface area contributed by atoms with E-state index in [9.17, 15) is 4.79 Å². The number of amides is 1. The molecule has 2 heterocycles. The maximum Gasteiger partial charge on any atom is 0.231 e. The molecule has 1 aliphatic rings. The number of aryl methyl sites for hydroxylation is 1. The van der Waals surface area contributed by atoms with Crippen LogP contribution in [-0.2, 0) is 16.6 Å². The van der Waals surface area contributed by atoms with E-state index in [0.717, 1.165) is 29.4 Å². The first-order valence-corrected chi connectivity index (χ1v) is 6.65. The van der Waals surface area contributed by atoms with Crippen molar-refractivity contribution in [2.75, 3.05) is 12.8 Å². The van der Waals surface area contributed by atoms with Crippen LogP contribution in [0, 0.1) is 0 Å². The van der Waals surface area contributed by atoms with E-state index in [1.165, 1.54) is 0 Å². The maximum atomic E-state index is 12.2. The van der Waals surface area contributed by atoms with Crippen molar-refractivity contribution in [2.45, 2.75) is 25.0 Å². The average Bonchev–Trinajstić information content (AvgIpc) is 2.75. The molecule has 2 atom stereocenters. The molecular weight excluding hydrogens is 256 g/mol. The number of carbonyl (C=O) groups is 1. The summed E-state index contributed by atoms with van der Waals surface area (Å²) in [4.78, 5) is 12.2. The zero-order valence-electron chi connectivity index (χ0n) is 11.6. The largest absolute Gasteiger partial charge is 0.399 e. The Morgan fingerprint density at radius 3 is 2.95 bits per heavy atom. The standard InChI is InChI=1S/C14H18N4O2/c1-18-11-5-3-8(15)7-10(11)13(17-18)9-4-6-12(20-2)16-14(9)19/h3,5,7,9,12H,4,6,15H2,1-2H3,(H,16,19). The summed E-state index contributed by atoms with van der Waals surface area (Å²) < 4.78 is 6.97. The molecule has 1 fully saturated rings. The van der Waals surface area contributed by atoms with Crippen LogP contribution >= 0.6 is 0 Å². The lowest BCUT2D eigenvalue weighted by atomic mass is 9.92. The minimum Gasteiger partial charge on any atom is -0.399 e. The number of nitrogen functional groups attached to an aromatic ring is 1. The first kappa shape index (κ1) is 12.9. The molecule has 1 saturated heterocycles. The zero-order chi connectivity index (χ0) is 14.3. The predicted octanol–water partition coefficient (Wildman–Crippen LogP) is 1.12.